The number of para-hydroxylation sites is 1. The van der Waals surface area contributed by atoms with Crippen LogP contribution in [0.15, 0.2) is 82.2 Å². The lowest BCUT2D eigenvalue weighted by molar-refractivity contribution is -0.138. The number of nitrogens with two attached hydrogens (primary N) is 1. The molecule has 2 aromatic carbocycles. The van der Waals surface area contributed by atoms with Crippen molar-refractivity contribution in [2.45, 2.75) is 37.0 Å². The standard InChI is InChI=1S/C25H26N2O3S/c1-3-30-25(29)23-21(16-12-14-18(31-2)15-13-16)22-19(10-7-11-20(22)28)27(24(23)26)17-8-5-4-6-9-17/h4-6,8-9,12-15,21H,3,7,10-11,26H2,1-2H3/t21-/m1/s1. The molecular formula is C25H26N2O3S. The summed E-state index contributed by atoms with van der Waals surface area (Å²) in [6, 6.07) is 17.6. The van der Waals surface area contributed by atoms with Crippen molar-refractivity contribution in [2.24, 2.45) is 5.73 Å². The van der Waals surface area contributed by atoms with Gasteiger partial charge in [-0.05, 0) is 55.9 Å². The maximum absolute atomic E-state index is 13.2. The van der Waals surface area contributed by atoms with Gasteiger partial charge in [-0.3, -0.25) is 9.69 Å². The van der Waals surface area contributed by atoms with E-state index in [-0.39, 0.29) is 12.4 Å². The number of allylic oxidation sites excluding steroid dienone is 2. The second kappa shape index (κ2) is 9.02. The quantitative estimate of drug-likeness (QED) is 0.541. The Bertz CT molecular complexity index is 1060. The molecular weight excluding hydrogens is 408 g/mol. The monoisotopic (exact) mass is 434 g/mol. The molecule has 160 valence electrons. The zero-order chi connectivity index (χ0) is 22.0. The van der Waals surface area contributed by atoms with Crippen molar-refractivity contribution >= 4 is 29.2 Å². The highest BCUT2D eigenvalue weighted by atomic mass is 32.2. The summed E-state index contributed by atoms with van der Waals surface area (Å²) in [6.45, 7) is 2.00. The molecule has 0 unspecified atom stereocenters. The lowest BCUT2D eigenvalue weighted by Gasteiger charge is -2.40. The molecule has 31 heavy (non-hydrogen) atoms. The van der Waals surface area contributed by atoms with Gasteiger partial charge in [0.15, 0.2) is 5.78 Å². The summed E-state index contributed by atoms with van der Waals surface area (Å²) < 4.78 is 5.41. The molecule has 1 atom stereocenters. The van der Waals surface area contributed by atoms with Crippen LogP contribution in [0.3, 0.4) is 0 Å². The molecule has 0 bridgehead atoms. The minimum Gasteiger partial charge on any atom is -0.463 e. The van der Waals surface area contributed by atoms with Crippen LogP contribution in [0.5, 0.6) is 0 Å². The first-order chi connectivity index (χ1) is 15.1. The predicted octanol–water partition coefficient (Wildman–Crippen LogP) is 4.75. The Morgan fingerprint density at radius 1 is 1.13 bits per heavy atom. The van der Waals surface area contributed by atoms with E-state index in [0.717, 1.165) is 34.7 Å². The molecule has 0 fully saturated rings. The van der Waals surface area contributed by atoms with Gasteiger partial charge in [0, 0.05) is 28.3 Å². The Balaban J connectivity index is 1.96. The fraction of sp³-hybridized carbons (Fsp3) is 0.280. The molecule has 0 saturated carbocycles. The third-order valence-corrected chi connectivity index (χ3v) is 6.50. The van der Waals surface area contributed by atoms with Gasteiger partial charge >= 0.3 is 5.97 Å². The van der Waals surface area contributed by atoms with Gasteiger partial charge in [-0.2, -0.15) is 0 Å². The molecule has 4 rings (SSSR count). The van der Waals surface area contributed by atoms with Crippen LogP contribution in [0.2, 0.25) is 0 Å². The van der Waals surface area contributed by atoms with Crippen molar-refractivity contribution in [3.63, 3.8) is 0 Å². The number of carbonyl (C=O) groups is 2. The van der Waals surface area contributed by atoms with Crippen LogP contribution in [0.4, 0.5) is 5.69 Å². The van der Waals surface area contributed by atoms with Crippen LogP contribution in [0.1, 0.15) is 37.7 Å². The molecule has 0 amide bonds. The van der Waals surface area contributed by atoms with Gasteiger partial charge in [0.25, 0.3) is 0 Å². The van der Waals surface area contributed by atoms with Crippen molar-refractivity contribution in [1.29, 1.82) is 0 Å². The first-order valence-corrected chi connectivity index (χ1v) is 11.7. The van der Waals surface area contributed by atoms with E-state index in [9.17, 15) is 9.59 Å². The molecule has 0 saturated heterocycles. The van der Waals surface area contributed by atoms with Crippen LogP contribution in [-0.2, 0) is 14.3 Å². The second-order valence-corrected chi connectivity index (χ2v) is 8.41. The third kappa shape index (κ3) is 3.88. The zero-order valence-electron chi connectivity index (χ0n) is 17.8. The number of thioether (sulfide) groups is 1. The fourth-order valence-corrected chi connectivity index (χ4v) is 4.81. The summed E-state index contributed by atoms with van der Waals surface area (Å²) in [4.78, 5) is 29.4. The highest BCUT2D eigenvalue weighted by Crippen LogP contribution is 2.46. The first kappa shape index (κ1) is 21.2. The van der Waals surface area contributed by atoms with Gasteiger partial charge < -0.3 is 10.5 Å². The number of ketones is 1. The molecule has 2 N–H and O–H groups in total. The maximum atomic E-state index is 13.2. The first-order valence-electron chi connectivity index (χ1n) is 10.5. The zero-order valence-corrected chi connectivity index (χ0v) is 18.6. The third-order valence-electron chi connectivity index (χ3n) is 5.75. The number of benzene rings is 2. The summed E-state index contributed by atoms with van der Waals surface area (Å²) in [7, 11) is 0. The maximum Gasteiger partial charge on any atom is 0.338 e. The second-order valence-electron chi connectivity index (χ2n) is 7.53. The highest BCUT2D eigenvalue weighted by molar-refractivity contribution is 7.98. The van der Waals surface area contributed by atoms with E-state index in [1.54, 1.807) is 18.7 Å². The molecule has 1 aliphatic heterocycles. The Labute approximate surface area is 187 Å². The minimum atomic E-state index is -0.530. The molecule has 5 nitrogen and oxygen atoms in total. The number of carbonyl (C=O) groups excluding carboxylic acids is 2. The molecule has 0 aromatic heterocycles. The van der Waals surface area contributed by atoms with Gasteiger partial charge in [0.1, 0.15) is 5.82 Å². The Kier molecular flexibility index (Phi) is 6.18. The largest absolute Gasteiger partial charge is 0.463 e. The van der Waals surface area contributed by atoms with E-state index in [4.69, 9.17) is 10.5 Å². The summed E-state index contributed by atoms with van der Waals surface area (Å²) in [5.74, 6) is -0.616. The average molecular weight is 435 g/mol. The predicted molar refractivity (Wildman–Crippen MR) is 124 cm³/mol. The number of ether oxygens (including phenoxy) is 1. The van der Waals surface area contributed by atoms with Gasteiger partial charge in [-0.15, -0.1) is 11.8 Å². The summed E-state index contributed by atoms with van der Waals surface area (Å²) in [5.41, 5.74) is 10.3. The fourth-order valence-electron chi connectivity index (χ4n) is 4.40. The van der Waals surface area contributed by atoms with Crippen LogP contribution in [0.25, 0.3) is 0 Å². The van der Waals surface area contributed by atoms with E-state index in [1.807, 2.05) is 65.8 Å². The number of hydrogen-bond donors (Lipinski definition) is 1. The molecule has 6 heteroatoms. The molecule has 0 spiro atoms. The number of Topliss-reactive ketones (excluding diaryl/α,β-unsaturated/α-hetero) is 1. The topological polar surface area (TPSA) is 72.6 Å². The number of rotatable bonds is 5. The molecule has 0 radical (unpaired) electrons. The van der Waals surface area contributed by atoms with Crippen LogP contribution >= 0.6 is 11.8 Å². The van der Waals surface area contributed by atoms with Crippen molar-refractivity contribution in [1.82, 2.24) is 0 Å². The van der Waals surface area contributed by atoms with E-state index < -0.39 is 11.9 Å². The summed E-state index contributed by atoms with van der Waals surface area (Å²) in [6.07, 6.45) is 3.98. The van der Waals surface area contributed by atoms with Crippen molar-refractivity contribution in [3.8, 4) is 0 Å². The molecule has 2 aliphatic rings. The number of esters is 1. The van der Waals surface area contributed by atoms with Gasteiger partial charge in [0.05, 0.1) is 18.1 Å². The Morgan fingerprint density at radius 2 is 1.84 bits per heavy atom. The number of hydrogen-bond acceptors (Lipinski definition) is 6. The minimum absolute atomic E-state index is 0.0652. The summed E-state index contributed by atoms with van der Waals surface area (Å²) >= 11 is 1.65. The van der Waals surface area contributed by atoms with Crippen molar-refractivity contribution < 1.29 is 14.3 Å². The van der Waals surface area contributed by atoms with E-state index in [0.29, 0.717) is 23.4 Å². The average Bonchev–Trinajstić information content (AvgIpc) is 2.79. The van der Waals surface area contributed by atoms with E-state index in [1.165, 1.54) is 0 Å². The Hall–Kier alpha value is -2.99. The van der Waals surface area contributed by atoms with Gasteiger partial charge in [0.2, 0.25) is 0 Å². The van der Waals surface area contributed by atoms with Crippen LogP contribution in [0, 0.1) is 0 Å². The Morgan fingerprint density at radius 3 is 2.48 bits per heavy atom. The lowest BCUT2D eigenvalue weighted by atomic mass is 9.75. The van der Waals surface area contributed by atoms with Gasteiger partial charge in [-0.25, -0.2) is 4.79 Å². The van der Waals surface area contributed by atoms with Crippen molar-refractivity contribution in [2.75, 3.05) is 17.8 Å². The van der Waals surface area contributed by atoms with Crippen LogP contribution < -0.4 is 10.6 Å². The molecule has 1 heterocycles. The molecule has 2 aromatic rings. The van der Waals surface area contributed by atoms with Gasteiger partial charge in [-0.1, -0.05) is 30.3 Å². The van der Waals surface area contributed by atoms with Crippen molar-refractivity contribution in [3.05, 3.63) is 82.8 Å². The number of nitrogens with zero attached hydrogens (tertiary/aromatic N) is 1. The lowest BCUT2D eigenvalue weighted by Crippen LogP contribution is -2.41. The smallest absolute Gasteiger partial charge is 0.338 e. The number of anilines is 1. The highest BCUT2D eigenvalue weighted by Gasteiger charge is 2.43. The van der Waals surface area contributed by atoms with E-state index in [2.05, 4.69) is 0 Å². The molecule has 1 aliphatic carbocycles. The normalized spacial score (nSPS) is 18.8. The SMILES string of the molecule is CCOC(=O)C1=C(N)N(c2ccccc2)C2=C(C(=O)CCC2)[C@H]1c1ccc(SC)cc1. The van der Waals surface area contributed by atoms with E-state index >= 15 is 0 Å². The van der Waals surface area contributed by atoms with Crippen LogP contribution in [-0.4, -0.2) is 24.6 Å². The summed E-state index contributed by atoms with van der Waals surface area (Å²) in [5, 5.41) is 0.